The summed E-state index contributed by atoms with van der Waals surface area (Å²) in [6.45, 7) is 0. The highest BCUT2D eigenvalue weighted by Crippen LogP contribution is 2.02. The first kappa shape index (κ1) is 9.29. The van der Waals surface area contributed by atoms with Crippen LogP contribution in [0.1, 0.15) is 10.4 Å². The normalized spacial score (nSPS) is 12.5. The molecule has 0 aliphatic heterocycles. The van der Waals surface area contributed by atoms with Crippen molar-refractivity contribution in [1.82, 2.24) is 0 Å². The number of Topliss-reactive ketones (excluding diaryl/α,β-unsaturated/α-hetero) is 1. The number of ketones is 1. The third kappa shape index (κ3) is 2.09. The van der Waals surface area contributed by atoms with Crippen LogP contribution in [0, 0.1) is 0 Å². The number of nitrogens with two attached hydrogens (primary N) is 1. The molecule has 3 heteroatoms. The fourth-order valence-corrected chi connectivity index (χ4v) is 1.07. The van der Waals surface area contributed by atoms with Crippen LogP contribution in [0.3, 0.4) is 0 Å². The van der Waals surface area contributed by atoms with E-state index in [1.165, 1.54) is 0 Å². The minimum Gasteiger partial charge on any atom is -0.321 e. The molecular formula is C9H11NOS. The molecule has 1 aromatic rings. The van der Waals surface area contributed by atoms with Gasteiger partial charge < -0.3 is 5.73 Å². The summed E-state index contributed by atoms with van der Waals surface area (Å²) in [5, 5.41) is 0. The summed E-state index contributed by atoms with van der Waals surface area (Å²) in [6.07, 6.45) is 0. The van der Waals surface area contributed by atoms with Crippen LogP contribution in [-0.2, 0) is 0 Å². The summed E-state index contributed by atoms with van der Waals surface area (Å²) in [6, 6.07) is 8.52. The highest BCUT2D eigenvalue weighted by atomic mass is 32.1. The largest absolute Gasteiger partial charge is 0.321 e. The van der Waals surface area contributed by atoms with E-state index in [1.807, 2.05) is 18.2 Å². The molecule has 0 fully saturated rings. The van der Waals surface area contributed by atoms with E-state index in [2.05, 4.69) is 12.6 Å². The van der Waals surface area contributed by atoms with Crippen molar-refractivity contribution in [3.63, 3.8) is 0 Å². The maximum atomic E-state index is 11.4. The molecule has 0 unspecified atom stereocenters. The lowest BCUT2D eigenvalue weighted by atomic mass is 10.1. The minimum atomic E-state index is -0.490. The Labute approximate surface area is 77.2 Å². The highest BCUT2D eigenvalue weighted by Gasteiger charge is 2.12. The van der Waals surface area contributed by atoms with Crippen molar-refractivity contribution in [3.05, 3.63) is 35.9 Å². The van der Waals surface area contributed by atoms with Crippen LogP contribution < -0.4 is 5.73 Å². The molecule has 0 amide bonds. The first-order valence-corrected chi connectivity index (χ1v) is 4.34. The van der Waals surface area contributed by atoms with Gasteiger partial charge in [0.2, 0.25) is 0 Å². The zero-order valence-corrected chi connectivity index (χ0v) is 7.50. The number of thiol groups is 1. The van der Waals surface area contributed by atoms with Crippen LogP contribution >= 0.6 is 12.6 Å². The van der Waals surface area contributed by atoms with Gasteiger partial charge in [0.05, 0.1) is 6.04 Å². The van der Waals surface area contributed by atoms with Gasteiger partial charge in [-0.05, 0) is 0 Å². The van der Waals surface area contributed by atoms with Gasteiger partial charge in [0.1, 0.15) is 0 Å². The van der Waals surface area contributed by atoms with E-state index in [9.17, 15) is 4.79 Å². The second-order valence-electron chi connectivity index (χ2n) is 2.52. The van der Waals surface area contributed by atoms with E-state index in [4.69, 9.17) is 5.73 Å². The summed E-state index contributed by atoms with van der Waals surface area (Å²) in [5.41, 5.74) is 6.17. The van der Waals surface area contributed by atoms with E-state index in [-0.39, 0.29) is 5.78 Å². The van der Waals surface area contributed by atoms with E-state index in [0.717, 1.165) is 0 Å². The van der Waals surface area contributed by atoms with Crippen molar-refractivity contribution in [2.75, 3.05) is 5.75 Å². The summed E-state index contributed by atoms with van der Waals surface area (Å²) in [4.78, 5) is 11.4. The van der Waals surface area contributed by atoms with Crippen molar-refractivity contribution in [3.8, 4) is 0 Å². The van der Waals surface area contributed by atoms with E-state index in [0.29, 0.717) is 11.3 Å². The second kappa shape index (κ2) is 4.28. The molecule has 1 rings (SSSR count). The van der Waals surface area contributed by atoms with E-state index >= 15 is 0 Å². The number of carbonyl (C=O) groups is 1. The number of rotatable bonds is 3. The number of hydrogen-bond donors (Lipinski definition) is 2. The Morgan fingerprint density at radius 1 is 1.42 bits per heavy atom. The molecule has 0 saturated heterocycles. The highest BCUT2D eigenvalue weighted by molar-refractivity contribution is 7.80. The fourth-order valence-electron chi connectivity index (χ4n) is 0.899. The zero-order valence-electron chi connectivity index (χ0n) is 6.60. The topological polar surface area (TPSA) is 43.1 Å². The molecule has 1 atom stereocenters. The Morgan fingerprint density at radius 2 is 2.00 bits per heavy atom. The SMILES string of the molecule is N[C@H](CS)C(=O)c1ccccc1. The minimum absolute atomic E-state index is 0.0504. The molecule has 1 aromatic carbocycles. The molecule has 0 radical (unpaired) electrons. The molecule has 0 spiro atoms. The molecule has 0 aliphatic carbocycles. The van der Waals surface area contributed by atoms with Gasteiger partial charge >= 0.3 is 0 Å². The zero-order chi connectivity index (χ0) is 8.97. The number of carbonyl (C=O) groups excluding carboxylic acids is 1. The average molecular weight is 181 g/mol. The van der Waals surface area contributed by atoms with Crippen LogP contribution in [0.4, 0.5) is 0 Å². The number of benzene rings is 1. The third-order valence-corrected chi connectivity index (χ3v) is 1.99. The Balaban J connectivity index is 2.79. The molecule has 0 bridgehead atoms. The average Bonchev–Trinajstić information content (AvgIpc) is 2.17. The maximum Gasteiger partial charge on any atom is 0.180 e. The summed E-state index contributed by atoms with van der Waals surface area (Å²) < 4.78 is 0. The van der Waals surface area contributed by atoms with Crippen molar-refractivity contribution in [1.29, 1.82) is 0 Å². The molecule has 0 aromatic heterocycles. The standard InChI is InChI=1S/C9H11NOS/c10-8(6-12)9(11)7-4-2-1-3-5-7/h1-5,8,12H,6,10H2/t8-/m1/s1. The fraction of sp³-hybridized carbons (Fsp3) is 0.222. The van der Waals surface area contributed by atoms with Crippen LogP contribution in [0.15, 0.2) is 30.3 Å². The lowest BCUT2D eigenvalue weighted by Crippen LogP contribution is -2.32. The Bertz CT molecular complexity index is 260. The quantitative estimate of drug-likeness (QED) is 0.542. The summed E-state index contributed by atoms with van der Waals surface area (Å²) in [5.74, 6) is 0.332. The maximum absolute atomic E-state index is 11.4. The molecule has 64 valence electrons. The van der Waals surface area contributed by atoms with Gasteiger partial charge in [0, 0.05) is 11.3 Å². The summed E-state index contributed by atoms with van der Waals surface area (Å²) in [7, 11) is 0. The first-order chi connectivity index (χ1) is 5.75. The van der Waals surface area contributed by atoms with Gasteiger partial charge in [-0.25, -0.2) is 0 Å². The van der Waals surface area contributed by atoms with Gasteiger partial charge in [-0.3, -0.25) is 4.79 Å². The Hall–Kier alpha value is -0.800. The van der Waals surface area contributed by atoms with Crippen LogP contribution in [-0.4, -0.2) is 17.6 Å². The smallest absolute Gasteiger partial charge is 0.180 e. The molecule has 2 nitrogen and oxygen atoms in total. The van der Waals surface area contributed by atoms with Gasteiger partial charge in [0.15, 0.2) is 5.78 Å². The number of hydrogen-bond acceptors (Lipinski definition) is 3. The van der Waals surface area contributed by atoms with Crippen LogP contribution in [0.2, 0.25) is 0 Å². The lowest BCUT2D eigenvalue weighted by molar-refractivity contribution is 0.0970. The lowest BCUT2D eigenvalue weighted by Gasteiger charge is -2.05. The van der Waals surface area contributed by atoms with Crippen LogP contribution in [0.25, 0.3) is 0 Å². The first-order valence-electron chi connectivity index (χ1n) is 3.71. The van der Waals surface area contributed by atoms with Crippen molar-refractivity contribution < 1.29 is 4.79 Å². The van der Waals surface area contributed by atoms with Crippen molar-refractivity contribution >= 4 is 18.4 Å². The monoisotopic (exact) mass is 181 g/mol. The van der Waals surface area contributed by atoms with Crippen LogP contribution in [0.5, 0.6) is 0 Å². The molecule has 0 heterocycles. The summed E-state index contributed by atoms with van der Waals surface area (Å²) >= 11 is 3.96. The third-order valence-electron chi connectivity index (χ3n) is 1.59. The Morgan fingerprint density at radius 3 is 2.50 bits per heavy atom. The predicted molar refractivity (Wildman–Crippen MR) is 52.6 cm³/mol. The van der Waals surface area contributed by atoms with E-state index in [1.54, 1.807) is 12.1 Å². The molecule has 0 aliphatic rings. The Kier molecular flexibility index (Phi) is 3.31. The van der Waals surface area contributed by atoms with Gasteiger partial charge in [-0.1, -0.05) is 30.3 Å². The molecule has 2 N–H and O–H groups in total. The van der Waals surface area contributed by atoms with Crippen molar-refractivity contribution in [2.24, 2.45) is 5.73 Å². The van der Waals surface area contributed by atoms with Gasteiger partial charge in [-0.2, -0.15) is 12.6 Å². The molecule has 12 heavy (non-hydrogen) atoms. The predicted octanol–water partition coefficient (Wildman–Crippen LogP) is 1.13. The van der Waals surface area contributed by atoms with Crippen molar-refractivity contribution in [2.45, 2.75) is 6.04 Å². The molecule has 0 saturated carbocycles. The van der Waals surface area contributed by atoms with Gasteiger partial charge in [-0.15, -0.1) is 0 Å². The second-order valence-corrected chi connectivity index (χ2v) is 2.88. The van der Waals surface area contributed by atoms with E-state index < -0.39 is 6.04 Å². The molecular weight excluding hydrogens is 170 g/mol. The van der Waals surface area contributed by atoms with Gasteiger partial charge in [0.25, 0.3) is 0 Å².